The van der Waals surface area contributed by atoms with E-state index < -0.39 is 49.5 Å². The fourth-order valence-corrected chi connectivity index (χ4v) is 11.5. The zero-order valence-electron chi connectivity index (χ0n) is 56.5. The highest BCUT2D eigenvalue weighted by molar-refractivity contribution is 5.76. The lowest BCUT2D eigenvalue weighted by Crippen LogP contribution is -2.60. The number of aliphatic hydroxyl groups excluding tert-OH is 5. The minimum Gasteiger partial charge on any atom is -0.466 e. The number of amides is 1. The van der Waals surface area contributed by atoms with Gasteiger partial charge < -0.3 is 45.1 Å². The van der Waals surface area contributed by atoms with Crippen molar-refractivity contribution in [2.45, 2.75) is 391 Å². The maximum absolute atomic E-state index is 13.1. The molecular weight excluding hydrogens is 1090 g/mol. The Labute approximate surface area is 535 Å². The van der Waals surface area contributed by atoms with Gasteiger partial charge in [0.2, 0.25) is 5.91 Å². The number of aliphatic hydroxyl groups is 5. The summed E-state index contributed by atoms with van der Waals surface area (Å²) in [6.07, 6.45) is 76.5. The Kier molecular flexibility index (Phi) is 61.4. The van der Waals surface area contributed by atoms with Gasteiger partial charge in [-0.15, -0.1) is 0 Å². The molecule has 1 aliphatic rings. The van der Waals surface area contributed by atoms with E-state index in [9.17, 15) is 35.1 Å². The van der Waals surface area contributed by atoms with Gasteiger partial charge in [0.05, 0.1) is 32.0 Å². The highest BCUT2D eigenvalue weighted by Gasteiger charge is 2.44. The van der Waals surface area contributed by atoms with E-state index >= 15 is 0 Å². The Morgan fingerprint density at radius 1 is 0.425 bits per heavy atom. The average molecular weight is 1230 g/mol. The summed E-state index contributed by atoms with van der Waals surface area (Å²) in [7, 11) is 0. The monoisotopic (exact) mass is 1230 g/mol. The molecule has 1 heterocycles. The van der Waals surface area contributed by atoms with Gasteiger partial charge in [0, 0.05) is 12.8 Å². The van der Waals surface area contributed by atoms with Gasteiger partial charge in [0.25, 0.3) is 0 Å². The molecule has 7 unspecified atom stereocenters. The van der Waals surface area contributed by atoms with E-state index in [1.807, 2.05) is 6.08 Å². The second-order valence-corrected chi connectivity index (χ2v) is 25.6. The Hall–Kier alpha value is -2.64. The van der Waals surface area contributed by atoms with Crippen molar-refractivity contribution in [2.24, 2.45) is 0 Å². The van der Waals surface area contributed by atoms with Crippen LogP contribution in [-0.4, -0.2) is 100 Å². The van der Waals surface area contributed by atoms with Gasteiger partial charge in [0.1, 0.15) is 24.4 Å². The predicted molar refractivity (Wildman–Crippen MR) is 366 cm³/mol. The van der Waals surface area contributed by atoms with Crippen LogP contribution in [0.1, 0.15) is 348 Å². The molecule has 1 aliphatic heterocycles. The average Bonchev–Trinajstić information content (AvgIpc) is 2.75. The molecule has 0 aromatic carbocycles. The summed E-state index contributed by atoms with van der Waals surface area (Å²) in [5, 5.41) is 54.5. The normalized spacial score (nSPS) is 18.2. The van der Waals surface area contributed by atoms with Gasteiger partial charge in [-0.25, -0.2) is 0 Å². The van der Waals surface area contributed by atoms with Crippen molar-refractivity contribution in [1.29, 1.82) is 0 Å². The number of carbonyl (C=O) groups is 2. The molecule has 87 heavy (non-hydrogen) atoms. The maximum atomic E-state index is 13.1. The van der Waals surface area contributed by atoms with Crippen molar-refractivity contribution in [3.8, 4) is 0 Å². The van der Waals surface area contributed by atoms with Crippen molar-refractivity contribution in [3.05, 3.63) is 60.8 Å². The van der Waals surface area contributed by atoms with Crippen LogP contribution in [-0.2, 0) is 23.8 Å². The van der Waals surface area contributed by atoms with Crippen molar-refractivity contribution < 1.29 is 49.3 Å². The van der Waals surface area contributed by atoms with Crippen LogP contribution < -0.4 is 5.32 Å². The third-order valence-corrected chi connectivity index (χ3v) is 17.3. The number of esters is 1. The Morgan fingerprint density at radius 3 is 1.20 bits per heavy atom. The molecule has 11 nitrogen and oxygen atoms in total. The van der Waals surface area contributed by atoms with Crippen molar-refractivity contribution in [3.63, 3.8) is 0 Å². The fourth-order valence-electron chi connectivity index (χ4n) is 11.5. The zero-order valence-corrected chi connectivity index (χ0v) is 56.5. The molecule has 1 amide bonds. The minimum absolute atomic E-state index is 0.00793. The number of ether oxygens (including phenoxy) is 3. The molecule has 0 aliphatic carbocycles. The van der Waals surface area contributed by atoms with Crippen LogP contribution in [0.25, 0.3) is 0 Å². The molecule has 1 rings (SSSR count). The Bertz CT molecular complexity index is 1630. The predicted octanol–water partition coefficient (Wildman–Crippen LogP) is 19.3. The van der Waals surface area contributed by atoms with E-state index in [4.69, 9.17) is 14.2 Å². The lowest BCUT2D eigenvalue weighted by atomic mass is 9.99. The minimum atomic E-state index is -1.57. The summed E-state index contributed by atoms with van der Waals surface area (Å²) in [5.41, 5.74) is 0. The van der Waals surface area contributed by atoms with Crippen LogP contribution in [0, 0.1) is 0 Å². The van der Waals surface area contributed by atoms with Crippen LogP contribution in [0.3, 0.4) is 0 Å². The van der Waals surface area contributed by atoms with Gasteiger partial charge in [-0.1, -0.05) is 306 Å². The molecule has 0 spiro atoms. The smallest absolute Gasteiger partial charge is 0.305 e. The molecule has 0 saturated carbocycles. The third-order valence-electron chi connectivity index (χ3n) is 17.3. The van der Waals surface area contributed by atoms with Crippen LogP contribution >= 0.6 is 0 Å². The highest BCUT2D eigenvalue weighted by atomic mass is 16.7. The molecular formula is C76H139NO10. The standard InChI is InChI=1S/C76H139NO10/c1-3-5-7-9-11-13-15-17-40-44-48-52-56-60-64-72(81)85-65-61-57-53-49-45-41-38-36-34-32-30-28-26-24-22-20-18-19-21-23-25-27-29-31-33-35-37-39-43-47-51-55-59-63-71(80)77-68(67-86-76-75(84)74(83)73(82)70(66-78)87-76)69(79)62-58-54-50-46-42-16-14-12-10-8-6-4-2/h9,11,15,17,22,24,28,30,58,62,68-70,73-76,78-79,82-84H,3-8,10,12-14,16,18-21,23,25-27,29,31-57,59-61,63-67H2,1-2H3,(H,77,80)/b11-9-,17-15-,24-22-,30-28-,62-58+. The van der Waals surface area contributed by atoms with Gasteiger partial charge in [-0.05, 0) is 89.9 Å². The largest absolute Gasteiger partial charge is 0.466 e. The first-order chi connectivity index (χ1) is 42.7. The van der Waals surface area contributed by atoms with Gasteiger partial charge >= 0.3 is 5.97 Å². The Balaban J connectivity index is 1.94. The third kappa shape index (κ3) is 53.7. The number of carbonyl (C=O) groups excluding carboxylic acids is 2. The maximum Gasteiger partial charge on any atom is 0.305 e. The number of allylic oxidation sites excluding steroid dienone is 9. The lowest BCUT2D eigenvalue weighted by molar-refractivity contribution is -0.302. The Morgan fingerprint density at radius 2 is 0.782 bits per heavy atom. The van der Waals surface area contributed by atoms with E-state index in [0.717, 1.165) is 70.6 Å². The summed E-state index contributed by atoms with van der Waals surface area (Å²) < 4.78 is 16.7. The van der Waals surface area contributed by atoms with E-state index in [0.29, 0.717) is 19.4 Å². The van der Waals surface area contributed by atoms with Crippen LogP contribution in [0.15, 0.2) is 60.8 Å². The van der Waals surface area contributed by atoms with Gasteiger partial charge in [-0.3, -0.25) is 9.59 Å². The van der Waals surface area contributed by atoms with Crippen LogP contribution in [0.5, 0.6) is 0 Å². The summed E-state index contributed by atoms with van der Waals surface area (Å²) in [4.78, 5) is 25.1. The number of unbranched alkanes of at least 4 members (excludes halogenated alkanes) is 43. The summed E-state index contributed by atoms with van der Waals surface area (Å²) in [6, 6.07) is -0.809. The molecule has 0 aromatic rings. The summed E-state index contributed by atoms with van der Waals surface area (Å²) in [5.74, 6) is -0.187. The first-order valence-electron chi connectivity index (χ1n) is 37.1. The molecule has 1 saturated heterocycles. The number of rotatable bonds is 65. The molecule has 1 fully saturated rings. The molecule has 6 N–H and O–H groups in total. The van der Waals surface area contributed by atoms with Crippen molar-refractivity contribution >= 4 is 11.9 Å². The first-order valence-corrected chi connectivity index (χ1v) is 37.1. The highest BCUT2D eigenvalue weighted by Crippen LogP contribution is 2.23. The summed E-state index contributed by atoms with van der Waals surface area (Å²) in [6.45, 7) is 4.32. The van der Waals surface area contributed by atoms with Crippen molar-refractivity contribution in [1.82, 2.24) is 5.32 Å². The number of hydrogen-bond acceptors (Lipinski definition) is 10. The summed E-state index contributed by atoms with van der Waals surface area (Å²) >= 11 is 0. The van der Waals surface area contributed by atoms with E-state index in [-0.39, 0.29) is 18.5 Å². The van der Waals surface area contributed by atoms with Gasteiger partial charge in [-0.2, -0.15) is 0 Å². The van der Waals surface area contributed by atoms with Crippen molar-refractivity contribution in [2.75, 3.05) is 19.8 Å². The lowest BCUT2D eigenvalue weighted by Gasteiger charge is -2.40. The molecule has 7 atom stereocenters. The zero-order chi connectivity index (χ0) is 63.0. The number of hydrogen-bond donors (Lipinski definition) is 6. The van der Waals surface area contributed by atoms with E-state index in [1.165, 1.54) is 250 Å². The topological polar surface area (TPSA) is 175 Å². The van der Waals surface area contributed by atoms with E-state index in [2.05, 4.69) is 67.8 Å². The second-order valence-electron chi connectivity index (χ2n) is 25.6. The fraction of sp³-hybridized carbons (Fsp3) is 0.842. The SMILES string of the molecule is CCCC/C=C\C/C=C\CCCCCCCC(=O)OCCCCCCCCCCC/C=C\C/C=C\CCCCCCCCCCCCCCCCCCCC(=O)NC(COC1OC(CO)C(O)C(O)C1O)C(O)/C=C/CCCCCCCCCCCC. The van der Waals surface area contributed by atoms with Gasteiger partial charge in [0.15, 0.2) is 6.29 Å². The molecule has 0 radical (unpaired) electrons. The molecule has 0 bridgehead atoms. The van der Waals surface area contributed by atoms with E-state index in [1.54, 1.807) is 6.08 Å². The van der Waals surface area contributed by atoms with Crippen LogP contribution in [0.2, 0.25) is 0 Å². The first kappa shape index (κ1) is 82.4. The second kappa shape index (κ2) is 64.9. The quantitative estimate of drug-likeness (QED) is 0.0195. The van der Waals surface area contributed by atoms with Crippen LogP contribution in [0.4, 0.5) is 0 Å². The molecule has 0 aromatic heterocycles. The molecule has 508 valence electrons. The number of nitrogens with one attached hydrogen (secondary N) is 1. The molecule has 11 heteroatoms.